The summed E-state index contributed by atoms with van der Waals surface area (Å²) in [5.74, 6) is 0.821. The Morgan fingerprint density at radius 1 is 1.11 bits per heavy atom. The molecule has 3 atom stereocenters. The molecule has 1 saturated carbocycles. The summed E-state index contributed by atoms with van der Waals surface area (Å²) >= 11 is 0. The lowest BCUT2D eigenvalue weighted by Crippen LogP contribution is -2.48. The Morgan fingerprint density at radius 3 is 2.39 bits per heavy atom. The molecule has 3 unspecified atom stereocenters. The van der Waals surface area contributed by atoms with Gasteiger partial charge in [0, 0.05) is 6.04 Å². The van der Waals surface area contributed by atoms with Crippen molar-refractivity contribution in [2.75, 3.05) is 33.7 Å². The van der Waals surface area contributed by atoms with Gasteiger partial charge in [-0.1, -0.05) is 20.3 Å². The molecule has 0 radical (unpaired) electrons. The summed E-state index contributed by atoms with van der Waals surface area (Å²) in [6.45, 7) is 7.81. The zero-order valence-electron chi connectivity index (χ0n) is 12.7. The van der Waals surface area contributed by atoms with Gasteiger partial charge in [-0.2, -0.15) is 0 Å². The van der Waals surface area contributed by atoms with Crippen molar-refractivity contribution in [3.05, 3.63) is 0 Å². The first kappa shape index (κ1) is 15.9. The monoisotopic (exact) mass is 256 g/mol. The highest BCUT2D eigenvalue weighted by molar-refractivity contribution is 4.86. The van der Waals surface area contributed by atoms with Crippen molar-refractivity contribution in [2.45, 2.75) is 58.1 Å². The predicted molar refractivity (Wildman–Crippen MR) is 77.8 cm³/mol. The molecule has 0 aliphatic heterocycles. The lowest BCUT2D eigenvalue weighted by molar-refractivity contribution is 0.00348. The summed E-state index contributed by atoms with van der Waals surface area (Å²) in [7, 11) is 4.25. The second-order valence-electron chi connectivity index (χ2n) is 6.01. The van der Waals surface area contributed by atoms with Crippen LogP contribution in [0.25, 0.3) is 0 Å². The van der Waals surface area contributed by atoms with Crippen LogP contribution in [0.15, 0.2) is 0 Å². The van der Waals surface area contributed by atoms with Gasteiger partial charge in [0.2, 0.25) is 0 Å². The van der Waals surface area contributed by atoms with E-state index in [2.05, 4.69) is 37.7 Å². The molecule has 0 bridgehead atoms. The van der Waals surface area contributed by atoms with Gasteiger partial charge in [0.05, 0.1) is 6.10 Å². The van der Waals surface area contributed by atoms with Crippen molar-refractivity contribution < 1.29 is 5.11 Å². The predicted octanol–water partition coefficient (Wildman–Crippen LogP) is 2.20. The van der Waals surface area contributed by atoms with Crippen LogP contribution in [-0.2, 0) is 0 Å². The van der Waals surface area contributed by atoms with E-state index < -0.39 is 0 Å². The van der Waals surface area contributed by atoms with E-state index in [0.717, 1.165) is 32.0 Å². The quantitative estimate of drug-likeness (QED) is 0.756. The van der Waals surface area contributed by atoms with Crippen LogP contribution in [0.1, 0.15) is 46.0 Å². The molecule has 0 heterocycles. The maximum Gasteiger partial charge on any atom is 0.0695 e. The summed E-state index contributed by atoms with van der Waals surface area (Å²) in [5.41, 5.74) is 0. The molecule has 0 amide bonds. The van der Waals surface area contributed by atoms with Gasteiger partial charge in [-0.15, -0.1) is 0 Å². The van der Waals surface area contributed by atoms with Gasteiger partial charge < -0.3 is 10.0 Å². The number of aliphatic hydroxyl groups excluding tert-OH is 1. The number of hydrogen-bond acceptors (Lipinski definition) is 3. The van der Waals surface area contributed by atoms with Crippen molar-refractivity contribution in [1.82, 2.24) is 9.80 Å². The van der Waals surface area contributed by atoms with E-state index in [-0.39, 0.29) is 6.10 Å². The Hall–Kier alpha value is -0.120. The van der Waals surface area contributed by atoms with E-state index in [1.807, 2.05) is 0 Å². The fourth-order valence-corrected chi connectivity index (χ4v) is 3.13. The molecule has 18 heavy (non-hydrogen) atoms. The number of likely N-dealkylation sites (N-methyl/N-ethyl adjacent to an activating group) is 1. The third kappa shape index (κ3) is 4.87. The molecule has 1 fully saturated rings. The molecular weight excluding hydrogens is 224 g/mol. The topological polar surface area (TPSA) is 26.7 Å². The van der Waals surface area contributed by atoms with Crippen LogP contribution in [0, 0.1) is 5.92 Å². The molecule has 0 saturated heterocycles. The second-order valence-corrected chi connectivity index (χ2v) is 6.01. The first-order valence-electron chi connectivity index (χ1n) is 7.65. The summed E-state index contributed by atoms with van der Waals surface area (Å²) in [6, 6.07) is 0.399. The fourth-order valence-electron chi connectivity index (χ4n) is 3.13. The van der Waals surface area contributed by atoms with Crippen molar-refractivity contribution in [3.63, 3.8) is 0 Å². The minimum Gasteiger partial charge on any atom is -0.391 e. The summed E-state index contributed by atoms with van der Waals surface area (Å²) in [6.07, 6.45) is 5.75. The number of hydrogen-bond donors (Lipinski definition) is 1. The SMILES string of the molecule is CCC1CCC(O)C(N(CC)CCCN(C)C)C1. The highest BCUT2D eigenvalue weighted by Crippen LogP contribution is 2.30. The third-order valence-electron chi connectivity index (χ3n) is 4.39. The Labute approximate surface area is 113 Å². The van der Waals surface area contributed by atoms with Gasteiger partial charge in [-0.3, -0.25) is 4.90 Å². The Morgan fingerprint density at radius 2 is 1.83 bits per heavy atom. The van der Waals surface area contributed by atoms with Gasteiger partial charge in [-0.25, -0.2) is 0 Å². The van der Waals surface area contributed by atoms with Crippen molar-refractivity contribution in [3.8, 4) is 0 Å². The Bertz CT molecular complexity index is 221. The van der Waals surface area contributed by atoms with Gasteiger partial charge in [0.25, 0.3) is 0 Å². The van der Waals surface area contributed by atoms with Crippen LogP contribution in [0.3, 0.4) is 0 Å². The van der Waals surface area contributed by atoms with Crippen LogP contribution in [0.2, 0.25) is 0 Å². The molecule has 0 spiro atoms. The molecule has 3 heteroatoms. The molecule has 0 aromatic carbocycles. The standard InChI is InChI=1S/C15H32N2O/c1-5-13-8-9-15(18)14(12-13)17(6-2)11-7-10-16(3)4/h13-15,18H,5-12H2,1-4H3. The molecule has 0 aromatic rings. The van der Waals surface area contributed by atoms with E-state index in [9.17, 15) is 5.11 Å². The molecular formula is C15H32N2O. The molecule has 1 N–H and O–H groups in total. The largest absolute Gasteiger partial charge is 0.391 e. The summed E-state index contributed by atoms with van der Waals surface area (Å²) < 4.78 is 0. The smallest absolute Gasteiger partial charge is 0.0695 e. The van der Waals surface area contributed by atoms with E-state index >= 15 is 0 Å². The first-order valence-corrected chi connectivity index (χ1v) is 7.65. The average Bonchev–Trinajstić information content (AvgIpc) is 2.35. The van der Waals surface area contributed by atoms with Crippen LogP contribution >= 0.6 is 0 Å². The normalized spacial score (nSPS) is 29.2. The molecule has 3 nitrogen and oxygen atoms in total. The van der Waals surface area contributed by atoms with Crippen LogP contribution in [0.5, 0.6) is 0 Å². The van der Waals surface area contributed by atoms with Gasteiger partial charge >= 0.3 is 0 Å². The number of nitrogens with zero attached hydrogens (tertiary/aromatic N) is 2. The van der Waals surface area contributed by atoms with Gasteiger partial charge in [-0.05, 0) is 65.3 Å². The number of rotatable bonds is 7. The van der Waals surface area contributed by atoms with E-state index in [4.69, 9.17) is 0 Å². The van der Waals surface area contributed by atoms with Gasteiger partial charge in [0.15, 0.2) is 0 Å². The first-order chi connectivity index (χ1) is 8.58. The third-order valence-corrected chi connectivity index (χ3v) is 4.39. The fraction of sp³-hybridized carbons (Fsp3) is 1.00. The lowest BCUT2D eigenvalue weighted by atomic mass is 9.81. The molecule has 108 valence electrons. The van der Waals surface area contributed by atoms with E-state index in [0.29, 0.717) is 6.04 Å². The van der Waals surface area contributed by atoms with Gasteiger partial charge in [0.1, 0.15) is 0 Å². The van der Waals surface area contributed by atoms with Crippen molar-refractivity contribution in [2.24, 2.45) is 5.92 Å². The van der Waals surface area contributed by atoms with E-state index in [1.54, 1.807) is 0 Å². The highest BCUT2D eigenvalue weighted by Gasteiger charge is 2.31. The Kier molecular flexibility index (Phi) is 7.20. The van der Waals surface area contributed by atoms with Crippen LogP contribution in [-0.4, -0.2) is 60.8 Å². The van der Waals surface area contributed by atoms with Crippen LogP contribution in [0.4, 0.5) is 0 Å². The van der Waals surface area contributed by atoms with Crippen molar-refractivity contribution in [1.29, 1.82) is 0 Å². The Balaban J connectivity index is 2.45. The molecule has 1 aliphatic carbocycles. The lowest BCUT2D eigenvalue weighted by Gasteiger charge is -2.40. The second kappa shape index (κ2) is 8.13. The van der Waals surface area contributed by atoms with Crippen LogP contribution < -0.4 is 0 Å². The average molecular weight is 256 g/mol. The molecule has 0 aromatic heterocycles. The minimum absolute atomic E-state index is 0.105. The molecule has 1 aliphatic rings. The summed E-state index contributed by atoms with van der Waals surface area (Å²) in [5, 5.41) is 10.2. The summed E-state index contributed by atoms with van der Waals surface area (Å²) in [4.78, 5) is 4.73. The maximum absolute atomic E-state index is 10.2. The number of aliphatic hydroxyl groups is 1. The van der Waals surface area contributed by atoms with E-state index in [1.165, 1.54) is 25.7 Å². The maximum atomic E-state index is 10.2. The van der Waals surface area contributed by atoms with Crippen molar-refractivity contribution >= 4 is 0 Å². The highest BCUT2D eigenvalue weighted by atomic mass is 16.3. The molecule has 1 rings (SSSR count). The zero-order valence-corrected chi connectivity index (χ0v) is 12.7. The zero-order chi connectivity index (χ0) is 13.5. The minimum atomic E-state index is -0.105.